The monoisotopic (exact) mass is 566 g/mol. The molecule has 0 unspecified atom stereocenters. The zero-order chi connectivity index (χ0) is 28.1. The van der Waals surface area contributed by atoms with Gasteiger partial charge in [-0.15, -0.1) is 0 Å². The predicted octanol–water partition coefficient (Wildman–Crippen LogP) is 4.60. The Kier molecular flexibility index (Phi) is 9.00. The van der Waals surface area contributed by atoms with E-state index in [2.05, 4.69) is 0 Å². The largest absolute Gasteiger partial charge is 0.504 e. The first kappa shape index (κ1) is 28.9. The van der Waals surface area contributed by atoms with E-state index in [1.54, 1.807) is 30.3 Å². The Morgan fingerprint density at radius 2 is 1.39 bits per heavy atom. The number of aromatic hydroxyl groups is 1. The van der Waals surface area contributed by atoms with Crippen LogP contribution in [-0.2, 0) is 20.2 Å². The molecule has 3 aromatic rings. The van der Waals surface area contributed by atoms with Gasteiger partial charge in [0.1, 0.15) is 11.5 Å². The van der Waals surface area contributed by atoms with Crippen molar-refractivity contribution in [2.75, 3.05) is 33.3 Å². The first-order valence-electron chi connectivity index (χ1n) is 11.5. The zero-order valence-corrected chi connectivity index (χ0v) is 23.3. The molecule has 10 nitrogen and oxygen atoms in total. The first-order chi connectivity index (χ1) is 17.9. The number of phenolic OH excluding ortho intramolecular Hbond substituents is 1. The number of benzene rings is 3. The van der Waals surface area contributed by atoms with Gasteiger partial charge in [0.25, 0.3) is 0 Å². The van der Waals surface area contributed by atoms with Gasteiger partial charge in [-0.05, 0) is 47.9 Å². The van der Waals surface area contributed by atoms with Gasteiger partial charge in [-0.2, -0.15) is 16.8 Å². The number of ether oxygens (including phenoxy) is 3. The van der Waals surface area contributed by atoms with Gasteiger partial charge < -0.3 is 27.7 Å². The summed E-state index contributed by atoms with van der Waals surface area (Å²) in [4.78, 5) is 0. The molecule has 0 saturated heterocycles. The van der Waals surface area contributed by atoms with Crippen LogP contribution in [-0.4, -0.2) is 55.3 Å². The highest BCUT2D eigenvalue weighted by Crippen LogP contribution is 2.51. The summed E-state index contributed by atoms with van der Waals surface area (Å²) in [6.45, 7) is 2.46. The molecule has 206 valence electrons. The number of methoxy groups -OCH3 is 2. The van der Waals surface area contributed by atoms with Crippen molar-refractivity contribution in [2.45, 2.75) is 19.8 Å². The molecule has 0 heterocycles. The van der Waals surface area contributed by atoms with Crippen molar-refractivity contribution >= 4 is 20.2 Å². The summed E-state index contributed by atoms with van der Waals surface area (Å²) >= 11 is 0. The van der Waals surface area contributed by atoms with Crippen LogP contribution in [0.4, 0.5) is 0 Å². The van der Waals surface area contributed by atoms with E-state index in [-0.39, 0.29) is 40.1 Å². The molecule has 0 aromatic heterocycles. The molecule has 0 radical (unpaired) electrons. The molecule has 0 bridgehead atoms. The summed E-state index contributed by atoms with van der Waals surface area (Å²) in [5.41, 5.74) is 1.56. The topological polar surface area (TPSA) is 135 Å². The van der Waals surface area contributed by atoms with Crippen LogP contribution in [0.3, 0.4) is 0 Å². The van der Waals surface area contributed by atoms with Crippen molar-refractivity contribution in [1.82, 2.24) is 0 Å². The van der Waals surface area contributed by atoms with Gasteiger partial charge in [-0.3, -0.25) is 0 Å². The van der Waals surface area contributed by atoms with E-state index in [4.69, 9.17) is 22.6 Å². The van der Waals surface area contributed by atoms with Crippen LogP contribution in [0.15, 0.2) is 48.5 Å². The van der Waals surface area contributed by atoms with Gasteiger partial charge in [0.2, 0.25) is 0 Å². The number of hydrogen-bond acceptors (Lipinski definition) is 10. The van der Waals surface area contributed by atoms with Crippen LogP contribution in [0.25, 0.3) is 22.3 Å². The molecule has 0 fully saturated rings. The van der Waals surface area contributed by atoms with Crippen molar-refractivity contribution in [1.29, 1.82) is 0 Å². The average Bonchev–Trinajstić information content (AvgIpc) is 2.83. The van der Waals surface area contributed by atoms with Crippen LogP contribution < -0.4 is 22.6 Å². The Labute approximate surface area is 222 Å². The molecule has 0 atom stereocenters. The minimum atomic E-state index is -4.03. The highest BCUT2D eigenvalue weighted by atomic mass is 32.2. The van der Waals surface area contributed by atoms with Crippen molar-refractivity contribution in [3.63, 3.8) is 0 Å². The lowest BCUT2D eigenvalue weighted by Crippen LogP contribution is -2.09. The summed E-state index contributed by atoms with van der Waals surface area (Å²) in [5.74, 6) is 0.394. The Morgan fingerprint density at radius 1 is 0.763 bits per heavy atom. The predicted molar refractivity (Wildman–Crippen MR) is 143 cm³/mol. The van der Waals surface area contributed by atoms with E-state index in [0.717, 1.165) is 25.4 Å². The van der Waals surface area contributed by atoms with Crippen molar-refractivity contribution in [3.8, 4) is 56.8 Å². The van der Waals surface area contributed by atoms with Gasteiger partial charge in [0.05, 0.1) is 38.9 Å². The van der Waals surface area contributed by atoms with E-state index in [0.29, 0.717) is 23.3 Å². The number of rotatable bonds is 12. The maximum atomic E-state index is 12.3. The molecule has 3 rings (SSSR count). The van der Waals surface area contributed by atoms with Gasteiger partial charge in [0, 0.05) is 5.56 Å². The molecule has 12 heteroatoms. The Balaban J connectivity index is 2.21. The lowest BCUT2D eigenvalue weighted by molar-refractivity contribution is 0.293. The van der Waals surface area contributed by atoms with Gasteiger partial charge >= 0.3 is 20.2 Å². The van der Waals surface area contributed by atoms with E-state index in [9.17, 15) is 21.9 Å². The third kappa shape index (κ3) is 7.23. The first-order valence-corrected chi connectivity index (χ1v) is 15.1. The van der Waals surface area contributed by atoms with Gasteiger partial charge in [-0.1, -0.05) is 31.5 Å². The number of unbranched alkanes of at least 4 members (excludes halogenated alkanes) is 1. The minimum Gasteiger partial charge on any atom is -0.504 e. The second-order valence-corrected chi connectivity index (χ2v) is 11.5. The van der Waals surface area contributed by atoms with Crippen LogP contribution in [0, 0.1) is 0 Å². The van der Waals surface area contributed by atoms with Gasteiger partial charge in [0.15, 0.2) is 23.0 Å². The van der Waals surface area contributed by atoms with E-state index in [1.165, 1.54) is 32.4 Å². The van der Waals surface area contributed by atoms with E-state index in [1.807, 2.05) is 6.92 Å². The van der Waals surface area contributed by atoms with Crippen molar-refractivity contribution < 1.29 is 44.5 Å². The Hall–Kier alpha value is -3.64. The maximum Gasteiger partial charge on any atom is 0.306 e. The summed E-state index contributed by atoms with van der Waals surface area (Å²) in [6, 6.07) is 12.3. The van der Waals surface area contributed by atoms with Crippen molar-refractivity contribution in [3.05, 3.63) is 48.5 Å². The molecule has 1 N–H and O–H groups in total. The van der Waals surface area contributed by atoms with E-state index < -0.39 is 20.2 Å². The fraction of sp³-hybridized carbons (Fsp3) is 0.308. The second kappa shape index (κ2) is 11.8. The molecule has 0 aliphatic rings. The zero-order valence-electron chi connectivity index (χ0n) is 21.7. The highest BCUT2D eigenvalue weighted by molar-refractivity contribution is 7.86. The van der Waals surface area contributed by atoms with Gasteiger partial charge in [-0.25, -0.2) is 0 Å². The molecule has 0 aliphatic carbocycles. The number of hydrogen-bond donors (Lipinski definition) is 1. The van der Waals surface area contributed by atoms with Crippen LogP contribution in [0.2, 0.25) is 0 Å². The standard InChI is InChI=1S/C26H30O10S2/c1-6-7-14-34-22-13-10-18(15-21(22)27)24-23(32-2)16-20(25(33-3)26(24)36-38(5,30)31)17-8-11-19(12-9-17)35-37(4,28)29/h8-13,15-16,27H,6-7,14H2,1-5H3. The molecule has 3 aromatic carbocycles. The van der Waals surface area contributed by atoms with Crippen LogP contribution in [0.5, 0.6) is 34.5 Å². The summed E-state index contributed by atoms with van der Waals surface area (Å²) in [6.07, 6.45) is 3.59. The smallest absolute Gasteiger partial charge is 0.306 e. The quantitative estimate of drug-likeness (QED) is 0.245. The lowest BCUT2D eigenvalue weighted by atomic mass is 9.96. The van der Waals surface area contributed by atoms with Crippen molar-refractivity contribution in [2.24, 2.45) is 0 Å². The Bertz CT molecular complexity index is 1500. The Morgan fingerprint density at radius 3 is 1.92 bits per heavy atom. The third-order valence-corrected chi connectivity index (χ3v) is 6.24. The molecule has 0 aliphatic heterocycles. The third-order valence-electron chi connectivity index (χ3n) is 5.27. The molecule has 38 heavy (non-hydrogen) atoms. The summed E-state index contributed by atoms with van der Waals surface area (Å²) in [7, 11) is -4.99. The molecule has 0 amide bonds. The fourth-order valence-corrected chi connectivity index (χ4v) is 4.61. The molecule has 0 saturated carbocycles. The highest BCUT2D eigenvalue weighted by Gasteiger charge is 2.27. The number of phenols is 1. The molecule has 0 spiro atoms. The van der Waals surface area contributed by atoms with Crippen LogP contribution in [0.1, 0.15) is 19.8 Å². The fourth-order valence-electron chi connectivity index (χ4n) is 3.69. The SMILES string of the molecule is CCCCOc1ccc(-c2c(OC)cc(-c3ccc(OS(C)(=O)=O)cc3)c(OC)c2OS(C)(=O)=O)cc1O. The molecular weight excluding hydrogens is 536 g/mol. The molecular formula is C26H30O10S2. The lowest BCUT2D eigenvalue weighted by Gasteiger charge is -2.21. The van der Waals surface area contributed by atoms with Crippen LogP contribution >= 0.6 is 0 Å². The average molecular weight is 567 g/mol. The normalized spacial score (nSPS) is 11.6. The summed E-state index contributed by atoms with van der Waals surface area (Å²) < 4.78 is 74.6. The minimum absolute atomic E-state index is 0.0748. The maximum absolute atomic E-state index is 12.3. The van der Waals surface area contributed by atoms with E-state index >= 15 is 0 Å². The summed E-state index contributed by atoms with van der Waals surface area (Å²) in [5, 5.41) is 10.6. The second-order valence-electron chi connectivity index (χ2n) is 8.35.